The Morgan fingerprint density at radius 2 is 1.25 bits per heavy atom. The molecule has 2 aromatic rings. The summed E-state index contributed by atoms with van der Waals surface area (Å²) in [5.41, 5.74) is 1.12. The molecule has 2 rings (SSSR count). The summed E-state index contributed by atoms with van der Waals surface area (Å²) in [6, 6.07) is 13.8. The van der Waals surface area contributed by atoms with Crippen molar-refractivity contribution in [2.75, 3.05) is 32.2 Å². The van der Waals surface area contributed by atoms with Gasteiger partial charge in [-0.25, -0.2) is 4.39 Å². The largest absolute Gasteiger partial charge is 0.490 e. The first kappa shape index (κ1) is 14.2. The number of benzene rings is 2. The second-order valence-electron chi connectivity index (χ2n) is 4.54. The van der Waals surface area contributed by atoms with E-state index in [0.717, 1.165) is 11.4 Å². The van der Waals surface area contributed by atoms with Gasteiger partial charge in [-0.2, -0.15) is 0 Å². The maximum absolute atomic E-state index is 12.7. The Balaban J connectivity index is 1.74. The van der Waals surface area contributed by atoms with Crippen molar-refractivity contribution < 1.29 is 13.9 Å². The smallest absolute Gasteiger partial charge is 0.123 e. The summed E-state index contributed by atoms with van der Waals surface area (Å²) in [6.45, 7) is 0.861. The van der Waals surface area contributed by atoms with E-state index in [9.17, 15) is 4.39 Å². The molecule has 0 heterocycles. The molecule has 0 saturated carbocycles. The van der Waals surface area contributed by atoms with Crippen LogP contribution in [-0.4, -0.2) is 27.3 Å². The molecular weight excluding hydrogens is 257 g/mol. The maximum atomic E-state index is 12.7. The van der Waals surface area contributed by atoms with Gasteiger partial charge >= 0.3 is 0 Å². The van der Waals surface area contributed by atoms with Crippen molar-refractivity contribution in [3.63, 3.8) is 0 Å². The molecule has 0 bridgehead atoms. The van der Waals surface area contributed by atoms with Crippen molar-refractivity contribution in [3.05, 3.63) is 54.3 Å². The van der Waals surface area contributed by atoms with Crippen molar-refractivity contribution in [3.8, 4) is 11.5 Å². The lowest BCUT2D eigenvalue weighted by atomic mass is 10.3. The van der Waals surface area contributed by atoms with E-state index in [1.165, 1.54) is 12.1 Å². The summed E-state index contributed by atoms with van der Waals surface area (Å²) < 4.78 is 23.7. The van der Waals surface area contributed by atoms with E-state index < -0.39 is 0 Å². The molecule has 0 radical (unpaired) electrons. The first-order valence-corrected chi connectivity index (χ1v) is 6.44. The lowest BCUT2D eigenvalue weighted by Crippen LogP contribution is -2.10. The second-order valence-corrected chi connectivity index (χ2v) is 4.54. The highest BCUT2D eigenvalue weighted by Crippen LogP contribution is 2.17. The third-order valence-corrected chi connectivity index (χ3v) is 2.79. The Morgan fingerprint density at radius 3 is 1.70 bits per heavy atom. The van der Waals surface area contributed by atoms with E-state index in [2.05, 4.69) is 0 Å². The molecule has 0 amide bonds. The average molecular weight is 275 g/mol. The van der Waals surface area contributed by atoms with Gasteiger partial charge in [0, 0.05) is 19.8 Å². The summed E-state index contributed by atoms with van der Waals surface area (Å²) >= 11 is 0. The second kappa shape index (κ2) is 6.80. The Labute approximate surface area is 118 Å². The average Bonchev–Trinajstić information content (AvgIpc) is 2.46. The van der Waals surface area contributed by atoms with Crippen molar-refractivity contribution in [2.45, 2.75) is 0 Å². The molecule has 2 aromatic carbocycles. The Kier molecular flexibility index (Phi) is 4.82. The highest BCUT2D eigenvalue weighted by atomic mass is 19.1. The highest BCUT2D eigenvalue weighted by Gasteiger charge is 1.98. The van der Waals surface area contributed by atoms with E-state index >= 15 is 0 Å². The molecule has 106 valence electrons. The Hall–Kier alpha value is -2.23. The van der Waals surface area contributed by atoms with Gasteiger partial charge in [0.25, 0.3) is 0 Å². The predicted molar refractivity (Wildman–Crippen MR) is 78.2 cm³/mol. The first-order chi connectivity index (χ1) is 9.65. The van der Waals surface area contributed by atoms with Gasteiger partial charge in [0.15, 0.2) is 0 Å². The predicted octanol–water partition coefficient (Wildman–Crippen LogP) is 3.35. The molecule has 0 aliphatic carbocycles. The lowest BCUT2D eigenvalue weighted by molar-refractivity contribution is 0.217. The number of anilines is 1. The van der Waals surface area contributed by atoms with E-state index in [4.69, 9.17) is 9.47 Å². The van der Waals surface area contributed by atoms with Gasteiger partial charge in [-0.1, -0.05) is 0 Å². The fraction of sp³-hybridized carbons (Fsp3) is 0.250. The van der Waals surface area contributed by atoms with Crippen LogP contribution < -0.4 is 14.4 Å². The molecule has 0 aromatic heterocycles. The number of hydrogen-bond acceptors (Lipinski definition) is 3. The summed E-state index contributed by atoms with van der Waals surface area (Å²) in [7, 11) is 3.98. The number of ether oxygens (including phenoxy) is 2. The fourth-order valence-electron chi connectivity index (χ4n) is 1.69. The minimum absolute atomic E-state index is 0.269. The van der Waals surface area contributed by atoms with Crippen LogP contribution in [0.15, 0.2) is 48.5 Å². The number of rotatable bonds is 6. The van der Waals surface area contributed by atoms with Gasteiger partial charge in [0.05, 0.1) is 0 Å². The number of halogens is 1. The zero-order chi connectivity index (χ0) is 14.4. The van der Waals surface area contributed by atoms with Crippen molar-refractivity contribution in [1.82, 2.24) is 0 Å². The quantitative estimate of drug-likeness (QED) is 0.755. The van der Waals surface area contributed by atoms with Crippen LogP contribution in [0, 0.1) is 5.82 Å². The number of hydrogen-bond donors (Lipinski definition) is 0. The third kappa shape index (κ3) is 4.16. The van der Waals surface area contributed by atoms with Crippen LogP contribution in [0.25, 0.3) is 0 Å². The zero-order valence-electron chi connectivity index (χ0n) is 11.7. The van der Waals surface area contributed by atoms with E-state index in [1.807, 2.05) is 43.3 Å². The van der Waals surface area contributed by atoms with E-state index in [-0.39, 0.29) is 5.82 Å². The lowest BCUT2D eigenvalue weighted by Gasteiger charge is -2.13. The Bertz CT molecular complexity index is 523. The monoisotopic (exact) mass is 275 g/mol. The first-order valence-electron chi connectivity index (χ1n) is 6.44. The van der Waals surface area contributed by atoms with Gasteiger partial charge < -0.3 is 14.4 Å². The zero-order valence-corrected chi connectivity index (χ0v) is 11.7. The highest BCUT2D eigenvalue weighted by molar-refractivity contribution is 5.47. The topological polar surface area (TPSA) is 21.7 Å². The van der Waals surface area contributed by atoms with Crippen LogP contribution in [0.1, 0.15) is 0 Å². The minimum Gasteiger partial charge on any atom is -0.490 e. The van der Waals surface area contributed by atoms with Crippen LogP contribution in [0.2, 0.25) is 0 Å². The van der Waals surface area contributed by atoms with Crippen LogP contribution in [0.4, 0.5) is 10.1 Å². The Morgan fingerprint density at radius 1 is 0.800 bits per heavy atom. The van der Waals surface area contributed by atoms with Gasteiger partial charge in [0.1, 0.15) is 30.5 Å². The molecule has 0 N–H and O–H groups in total. The standard InChI is InChI=1S/C16H18FNO2/c1-18(2)14-5-9-16(10-6-14)20-12-11-19-15-7-3-13(17)4-8-15/h3-10H,11-12H2,1-2H3. The molecular formula is C16H18FNO2. The molecule has 0 fully saturated rings. The van der Waals surface area contributed by atoms with Crippen molar-refractivity contribution in [1.29, 1.82) is 0 Å². The van der Waals surface area contributed by atoms with Gasteiger partial charge in [-0.05, 0) is 48.5 Å². The summed E-state index contributed by atoms with van der Waals surface area (Å²) in [6.07, 6.45) is 0. The third-order valence-electron chi connectivity index (χ3n) is 2.79. The van der Waals surface area contributed by atoms with Crippen molar-refractivity contribution in [2.24, 2.45) is 0 Å². The molecule has 0 saturated heterocycles. The summed E-state index contributed by atoms with van der Waals surface area (Å²) in [5.74, 6) is 1.17. The van der Waals surface area contributed by atoms with Crippen LogP contribution >= 0.6 is 0 Å². The summed E-state index contributed by atoms with van der Waals surface area (Å²) in [4.78, 5) is 2.03. The molecule has 0 spiro atoms. The van der Waals surface area contributed by atoms with Crippen molar-refractivity contribution >= 4 is 5.69 Å². The SMILES string of the molecule is CN(C)c1ccc(OCCOc2ccc(F)cc2)cc1. The fourth-order valence-corrected chi connectivity index (χ4v) is 1.69. The minimum atomic E-state index is -0.269. The van der Waals surface area contributed by atoms with Crippen LogP contribution in [-0.2, 0) is 0 Å². The van der Waals surface area contributed by atoms with Crippen LogP contribution in [0.5, 0.6) is 11.5 Å². The molecule has 3 nitrogen and oxygen atoms in total. The van der Waals surface area contributed by atoms with Crippen LogP contribution in [0.3, 0.4) is 0 Å². The molecule has 4 heteroatoms. The molecule has 0 aliphatic heterocycles. The molecule has 0 atom stereocenters. The van der Waals surface area contributed by atoms with Gasteiger partial charge in [0.2, 0.25) is 0 Å². The van der Waals surface area contributed by atoms with E-state index in [1.54, 1.807) is 12.1 Å². The molecule has 0 aliphatic rings. The van der Waals surface area contributed by atoms with Gasteiger partial charge in [-0.3, -0.25) is 0 Å². The maximum Gasteiger partial charge on any atom is 0.123 e. The number of nitrogens with zero attached hydrogens (tertiary/aromatic N) is 1. The molecule has 0 unspecified atom stereocenters. The molecule has 20 heavy (non-hydrogen) atoms. The normalized spacial score (nSPS) is 10.2. The van der Waals surface area contributed by atoms with Gasteiger partial charge in [-0.15, -0.1) is 0 Å². The van der Waals surface area contributed by atoms with E-state index in [0.29, 0.717) is 19.0 Å². The summed E-state index contributed by atoms with van der Waals surface area (Å²) in [5, 5.41) is 0.